The zero-order valence-corrected chi connectivity index (χ0v) is 14.9. The number of carbonyl (C=O) groups excluding carboxylic acids is 2. The molecule has 25 heavy (non-hydrogen) atoms. The molecule has 0 spiro atoms. The Balaban J connectivity index is 1.90. The van der Waals surface area contributed by atoms with Gasteiger partial charge in [-0.05, 0) is 35.7 Å². The lowest BCUT2D eigenvalue weighted by molar-refractivity contribution is -0.116. The summed E-state index contributed by atoms with van der Waals surface area (Å²) in [4.78, 5) is 23.2. The van der Waals surface area contributed by atoms with Gasteiger partial charge in [0.25, 0.3) is 0 Å². The van der Waals surface area contributed by atoms with Crippen molar-refractivity contribution in [3.05, 3.63) is 60.2 Å². The maximum Gasteiger partial charge on any atom is 0.238 e. The fourth-order valence-corrected chi connectivity index (χ4v) is 2.65. The number of anilines is 2. The van der Waals surface area contributed by atoms with Gasteiger partial charge in [0.2, 0.25) is 11.8 Å². The Morgan fingerprint density at radius 2 is 1.44 bits per heavy atom. The van der Waals surface area contributed by atoms with Crippen molar-refractivity contribution in [2.45, 2.75) is 26.8 Å². The number of amides is 2. The van der Waals surface area contributed by atoms with E-state index in [1.165, 1.54) is 12.5 Å². The lowest BCUT2D eigenvalue weighted by Gasteiger charge is -2.22. The minimum atomic E-state index is -0.123. The molecule has 2 aromatic rings. The van der Waals surface area contributed by atoms with Crippen LogP contribution >= 0.6 is 0 Å². The molecule has 0 unspecified atom stereocenters. The summed E-state index contributed by atoms with van der Waals surface area (Å²) in [5.41, 5.74) is 2.57. The molecule has 132 valence electrons. The first-order valence-corrected chi connectivity index (χ1v) is 8.41. The summed E-state index contributed by atoms with van der Waals surface area (Å²) in [6, 6.07) is 17.3. The molecule has 2 rings (SSSR count). The van der Waals surface area contributed by atoms with Gasteiger partial charge in [-0.2, -0.15) is 0 Å². The van der Waals surface area contributed by atoms with Gasteiger partial charge in [0.05, 0.1) is 6.54 Å². The summed E-state index contributed by atoms with van der Waals surface area (Å²) < 4.78 is 0. The molecule has 1 atom stereocenters. The average molecular weight is 339 g/mol. The monoisotopic (exact) mass is 339 g/mol. The second-order valence-electron chi connectivity index (χ2n) is 6.32. The van der Waals surface area contributed by atoms with Gasteiger partial charge < -0.3 is 16.0 Å². The molecule has 2 aromatic carbocycles. The Morgan fingerprint density at radius 3 is 1.96 bits per heavy atom. The number of carbonyl (C=O) groups is 2. The van der Waals surface area contributed by atoms with Crippen LogP contribution in [-0.4, -0.2) is 18.4 Å². The summed E-state index contributed by atoms with van der Waals surface area (Å²) in [6.45, 7) is 5.94. The molecule has 3 N–H and O–H groups in total. The molecule has 0 bridgehead atoms. The van der Waals surface area contributed by atoms with E-state index in [2.05, 4.69) is 41.9 Å². The summed E-state index contributed by atoms with van der Waals surface area (Å²) in [5.74, 6) is 0.141. The molecular formula is C20H25N3O2. The van der Waals surface area contributed by atoms with E-state index in [9.17, 15) is 9.59 Å². The van der Waals surface area contributed by atoms with E-state index < -0.39 is 0 Å². The first kappa shape index (κ1) is 18.7. The molecule has 0 aliphatic rings. The van der Waals surface area contributed by atoms with Crippen LogP contribution < -0.4 is 16.0 Å². The maximum absolute atomic E-state index is 12.2. The highest BCUT2D eigenvalue weighted by atomic mass is 16.2. The fraction of sp³-hybridized carbons (Fsp3) is 0.300. The van der Waals surface area contributed by atoms with Gasteiger partial charge in [-0.15, -0.1) is 0 Å². The molecule has 0 aromatic heterocycles. The van der Waals surface area contributed by atoms with E-state index in [1.54, 1.807) is 24.3 Å². The normalized spacial score (nSPS) is 11.8. The van der Waals surface area contributed by atoms with Crippen LogP contribution in [0.5, 0.6) is 0 Å². The number of hydrogen-bond acceptors (Lipinski definition) is 3. The molecule has 0 aliphatic heterocycles. The van der Waals surface area contributed by atoms with Crippen LogP contribution in [0, 0.1) is 5.92 Å². The molecular weight excluding hydrogens is 314 g/mol. The first-order valence-electron chi connectivity index (χ1n) is 8.41. The summed E-state index contributed by atoms with van der Waals surface area (Å²) in [7, 11) is 0. The molecule has 2 amide bonds. The number of nitrogens with one attached hydrogen (secondary N) is 3. The molecule has 0 heterocycles. The predicted octanol–water partition coefficient (Wildman–Crippen LogP) is 3.57. The van der Waals surface area contributed by atoms with Crippen molar-refractivity contribution in [1.82, 2.24) is 5.32 Å². The Kier molecular flexibility index (Phi) is 6.71. The van der Waals surface area contributed by atoms with E-state index in [0.29, 0.717) is 17.3 Å². The third-order valence-electron chi connectivity index (χ3n) is 3.80. The van der Waals surface area contributed by atoms with Crippen LogP contribution in [0.25, 0.3) is 0 Å². The number of hydrogen-bond donors (Lipinski definition) is 3. The van der Waals surface area contributed by atoms with Crippen molar-refractivity contribution in [1.29, 1.82) is 0 Å². The Hall–Kier alpha value is -2.66. The molecule has 0 aliphatic carbocycles. The van der Waals surface area contributed by atoms with E-state index in [1.807, 2.05) is 18.2 Å². The Labute approximate surface area is 148 Å². The number of benzene rings is 2. The van der Waals surface area contributed by atoms with Crippen LogP contribution in [0.15, 0.2) is 54.6 Å². The molecule has 0 fully saturated rings. The lowest BCUT2D eigenvalue weighted by Crippen LogP contribution is -2.33. The topological polar surface area (TPSA) is 70.2 Å². The minimum Gasteiger partial charge on any atom is -0.326 e. The average Bonchev–Trinajstić information content (AvgIpc) is 2.57. The summed E-state index contributed by atoms with van der Waals surface area (Å²) >= 11 is 0. The smallest absolute Gasteiger partial charge is 0.238 e. The molecule has 5 heteroatoms. The highest BCUT2D eigenvalue weighted by Gasteiger charge is 2.16. The Bertz CT molecular complexity index is 697. The standard InChI is InChI=1S/C20H25N3O2/c1-14(2)20(16-7-5-4-6-8-16)21-13-19(25)23-18-11-9-17(10-12-18)22-15(3)24/h4-12,14,20-21H,13H2,1-3H3,(H,22,24)(H,23,25)/t20-/m0/s1. The second-order valence-corrected chi connectivity index (χ2v) is 6.32. The van der Waals surface area contributed by atoms with Gasteiger partial charge in [0, 0.05) is 24.3 Å². The largest absolute Gasteiger partial charge is 0.326 e. The molecule has 5 nitrogen and oxygen atoms in total. The quantitative estimate of drug-likeness (QED) is 0.722. The van der Waals surface area contributed by atoms with Crippen LogP contribution in [0.3, 0.4) is 0 Å². The lowest BCUT2D eigenvalue weighted by atomic mass is 9.96. The highest BCUT2D eigenvalue weighted by molar-refractivity contribution is 5.93. The third-order valence-corrected chi connectivity index (χ3v) is 3.80. The predicted molar refractivity (Wildman–Crippen MR) is 101 cm³/mol. The van der Waals surface area contributed by atoms with Gasteiger partial charge >= 0.3 is 0 Å². The van der Waals surface area contributed by atoms with E-state index in [4.69, 9.17) is 0 Å². The van der Waals surface area contributed by atoms with Crippen molar-refractivity contribution in [2.75, 3.05) is 17.2 Å². The van der Waals surface area contributed by atoms with Crippen molar-refractivity contribution < 1.29 is 9.59 Å². The van der Waals surface area contributed by atoms with Gasteiger partial charge in [0.15, 0.2) is 0 Å². The Morgan fingerprint density at radius 1 is 0.880 bits per heavy atom. The SMILES string of the molecule is CC(=O)Nc1ccc(NC(=O)CN[C@H](c2ccccc2)C(C)C)cc1. The molecule has 0 radical (unpaired) electrons. The third kappa shape index (κ3) is 6.04. The van der Waals surface area contributed by atoms with Crippen molar-refractivity contribution in [3.63, 3.8) is 0 Å². The fourth-order valence-electron chi connectivity index (χ4n) is 2.65. The first-order chi connectivity index (χ1) is 12.0. The van der Waals surface area contributed by atoms with Crippen LogP contribution in [0.1, 0.15) is 32.4 Å². The maximum atomic E-state index is 12.2. The second kappa shape index (κ2) is 8.99. The molecule has 0 saturated heterocycles. The van der Waals surface area contributed by atoms with Gasteiger partial charge in [-0.25, -0.2) is 0 Å². The van der Waals surface area contributed by atoms with Gasteiger partial charge in [0.1, 0.15) is 0 Å². The van der Waals surface area contributed by atoms with Crippen molar-refractivity contribution in [2.24, 2.45) is 5.92 Å². The summed E-state index contributed by atoms with van der Waals surface area (Å²) in [6.07, 6.45) is 0. The van der Waals surface area contributed by atoms with Gasteiger partial charge in [-0.1, -0.05) is 44.2 Å². The molecule has 0 saturated carbocycles. The summed E-state index contributed by atoms with van der Waals surface area (Å²) in [5, 5.41) is 8.87. The minimum absolute atomic E-state index is 0.103. The van der Waals surface area contributed by atoms with Crippen LogP contribution in [0.4, 0.5) is 11.4 Å². The number of rotatable bonds is 7. The zero-order chi connectivity index (χ0) is 18.2. The van der Waals surface area contributed by atoms with Crippen LogP contribution in [-0.2, 0) is 9.59 Å². The van der Waals surface area contributed by atoms with E-state index in [-0.39, 0.29) is 24.4 Å². The van der Waals surface area contributed by atoms with E-state index in [0.717, 1.165) is 0 Å². The zero-order valence-electron chi connectivity index (χ0n) is 14.9. The van der Waals surface area contributed by atoms with Crippen LogP contribution in [0.2, 0.25) is 0 Å². The van der Waals surface area contributed by atoms with E-state index >= 15 is 0 Å². The van der Waals surface area contributed by atoms with Crippen molar-refractivity contribution >= 4 is 23.2 Å². The van der Waals surface area contributed by atoms with Gasteiger partial charge in [-0.3, -0.25) is 9.59 Å². The van der Waals surface area contributed by atoms with Crippen molar-refractivity contribution in [3.8, 4) is 0 Å². The highest BCUT2D eigenvalue weighted by Crippen LogP contribution is 2.21.